The van der Waals surface area contributed by atoms with Gasteiger partial charge in [-0.15, -0.1) is 24.0 Å². The molecule has 0 amide bonds. The van der Waals surface area contributed by atoms with Gasteiger partial charge in [0.1, 0.15) is 0 Å². The van der Waals surface area contributed by atoms with Crippen molar-refractivity contribution in [2.24, 2.45) is 4.99 Å². The number of halogens is 1. The van der Waals surface area contributed by atoms with Crippen molar-refractivity contribution in [2.75, 3.05) is 51.3 Å². The zero-order valence-corrected chi connectivity index (χ0v) is 18.7. The summed E-state index contributed by atoms with van der Waals surface area (Å²) in [5, 5.41) is 10.1. The van der Waals surface area contributed by atoms with Gasteiger partial charge in [0.15, 0.2) is 5.96 Å². The predicted molar refractivity (Wildman–Crippen MR) is 123 cm³/mol. The number of hydrogen-bond acceptors (Lipinski definition) is 4. The third-order valence-electron chi connectivity index (χ3n) is 4.14. The molecule has 3 N–H and O–H groups in total. The molecule has 1 saturated heterocycles. The van der Waals surface area contributed by atoms with E-state index >= 15 is 0 Å². The summed E-state index contributed by atoms with van der Waals surface area (Å²) in [5.41, 5.74) is 1.16. The SMILES string of the molecule is CCNC(=NCCCNc1ccccc1)NCCCOCC1CCCO1.I. The molecule has 7 heteroatoms. The lowest BCUT2D eigenvalue weighted by atomic mass is 10.2. The predicted octanol–water partition coefficient (Wildman–Crippen LogP) is 3.25. The summed E-state index contributed by atoms with van der Waals surface area (Å²) in [6.45, 7) is 7.89. The molecule has 1 aliphatic heterocycles. The minimum atomic E-state index is 0. The van der Waals surface area contributed by atoms with E-state index in [1.807, 2.05) is 18.2 Å². The third-order valence-corrected chi connectivity index (χ3v) is 4.14. The Bertz CT molecular complexity index is 496. The molecule has 1 aromatic carbocycles. The molecule has 0 saturated carbocycles. The fraction of sp³-hybridized carbons (Fsp3) is 0.650. The van der Waals surface area contributed by atoms with E-state index in [0.717, 1.165) is 76.9 Å². The fourth-order valence-electron chi connectivity index (χ4n) is 2.77. The highest BCUT2D eigenvalue weighted by molar-refractivity contribution is 14.0. The largest absolute Gasteiger partial charge is 0.385 e. The molecule has 154 valence electrons. The lowest BCUT2D eigenvalue weighted by molar-refractivity contribution is 0.0168. The van der Waals surface area contributed by atoms with E-state index in [0.29, 0.717) is 6.10 Å². The van der Waals surface area contributed by atoms with Gasteiger partial charge in [-0.05, 0) is 44.7 Å². The van der Waals surface area contributed by atoms with E-state index in [1.165, 1.54) is 6.42 Å². The van der Waals surface area contributed by atoms with Crippen molar-refractivity contribution in [2.45, 2.75) is 38.7 Å². The molecule has 1 atom stereocenters. The average molecular weight is 490 g/mol. The molecule has 1 aromatic rings. The Morgan fingerprint density at radius 3 is 2.78 bits per heavy atom. The number of para-hydroxylation sites is 1. The summed E-state index contributed by atoms with van der Waals surface area (Å²) in [5.74, 6) is 0.881. The van der Waals surface area contributed by atoms with E-state index in [2.05, 4.69) is 40.0 Å². The van der Waals surface area contributed by atoms with Gasteiger partial charge in [-0.25, -0.2) is 0 Å². The van der Waals surface area contributed by atoms with Crippen molar-refractivity contribution < 1.29 is 9.47 Å². The first-order chi connectivity index (χ1) is 12.9. The van der Waals surface area contributed by atoms with Crippen LogP contribution in [0.2, 0.25) is 0 Å². The molecular formula is C20H35IN4O2. The van der Waals surface area contributed by atoms with Crippen LogP contribution in [0.15, 0.2) is 35.3 Å². The second kappa shape index (κ2) is 15.9. The van der Waals surface area contributed by atoms with Crippen LogP contribution in [0.3, 0.4) is 0 Å². The van der Waals surface area contributed by atoms with Crippen molar-refractivity contribution in [3.8, 4) is 0 Å². The summed E-state index contributed by atoms with van der Waals surface area (Å²) in [4.78, 5) is 4.62. The van der Waals surface area contributed by atoms with Gasteiger partial charge in [-0.2, -0.15) is 0 Å². The van der Waals surface area contributed by atoms with E-state index in [1.54, 1.807) is 0 Å². The number of benzene rings is 1. The monoisotopic (exact) mass is 490 g/mol. The number of hydrogen-bond donors (Lipinski definition) is 3. The molecule has 27 heavy (non-hydrogen) atoms. The maximum Gasteiger partial charge on any atom is 0.191 e. The summed E-state index contributed by atoms with van der Waals surface area (Å²) in [6.07, 6.45) is 4.57. The second-order valence-electron chi connectivity index (χ2n) is 6.40. The Kier molecular flexibility index (Phi) is 14.2. The Morgan fingerprint density at radius 1 is 1.19 bits per heavy atom. The molecule has 0 bridgehead atoms. The molecule has 1 fully saturated rings. The van der Waals surface area contributed by atoms with Gasteiger partial charge in [0.05, 0.1) is 12.7 Å². The Morgan fingerprint density at radius 2 is 2.04 bits per heavy atom. The molecule has 2 rings (SSSR count). The van der Waals surface area contributed by atoms with E-state index in [4.69, 9.17) is 9.47 Å². The lowest BCUT2D eigenvalue weighted by Gasteiger charge is -2.13. The first-order valence-corrected chi connectivity index (χ1v) is 9.89. The zero-order valence-electron chi connectivity index (χ0n) is 16.4. The van der Waals surface area contributed by atoms with Gasteiger partial charge < -0.3 is 25.4 Å². The maximum atomic E-state index is 5.68. The van der Waals surface area contributed by atoms with Crippen molar-refractivity contribution in [3.05, 3.63) is 30.3 Å². The molecule has 1 heterocycles. The van der Waals surface area contributed by atoms with Crippen molar-refractivity contribution in [1.82, 2.24) is 10.6 Å². The molecule has 0 aromatic heterocycles. The maximum absolute atomic E-state index is 5.68. The first-order valence-electron chi connectivity index (χ1n) is 9.89. The van der Waals surface area contributed by atoms with E-state index < -0.39 is 0 Å². The van der Waals surface area contributed by atoms with Gasteiger partial charge >= 0.3 is 0 Å². The number of nitrogens with zero attached hydrogens (tertiary/aromatic N) is 1. The number of nitrogens with one attached hydrogen (secondary N) is 3. The van der Waals surface area contributed by atoms with E-state index in [-0.39, 0.29) is 24.0 Å². The summed E-state index contributed by atoms with van der Waals surface area (Å²) < 4.78 is 11.2. The number of ether oxygens (including phenoxy) is 2. The summed E-state index contributed by atoms with van der Waals surface area (Å²) in [7, 11) is 0. The minimum absolute atomic E-state index is 0. The lowest BCUT2D eigenvalue weighted by Crippen LogP contribution is -2.38. The highest BCUT2D eigenvalue weighted by atomic mass is 127. The number of anilines is 1. The second-order valence-corrected chi connectivity index (χ2v) is 6.40. The van der Waals surface area contributed by atoms with Gasteiger partial charge in [-0.1, -0.05) is 18.2 Å². The van der Waals surface area contributed by atoms with Crippen LogP contribution in [0, 0.1) is 0 Å². The van der Waals surface area contributed by atoms with Crippen LogP contribution in [0.1, 0.15) is 32.6 Å². The van der Waals surface area contributed by atoms with Crippen molar-refractivity contribution >= 4 is 35.6 Å². The van der Waals surface area contributed by atoms with Crippen LogP contribution >= 0.6 is 24.0 Å². The highest BCUT2D eigenvalue weighted by Gasteiger charge is 2.14. The van der Waals surface area contributed by atoms with Gasteiger partial charge in [0.25, 0.3) is 0 Å². The van der Waals surface area contributed by atoms with Crippen molar-refractivity contribution in [3.63, 3.8) is 0 Å². The first kappa shape index (κ1) is 24.0. The average Bonchev–Trinajstić information content (AvgIpc) is 3.18. The summed E-state index contributed by atoms with van der Waals surface area (Å²) in [6, 6.07) is 10.3. The summed E-state index contributed by atoms with van der Waals surface area (Å²) >= 11 is 0. The number of guanidine groups is 1. The Hall–Kier alpha value is -1.06. The van der Waals surface area contributed by atoms with Crippen LogP contribution in [-0.4, -0.2) is 58.1 Å². The molecule has 6 nitrogen and oxygen atoms in total. The fourth-order valence-corrected chi connectivity index (χ4v) is 2.77. The van der Waals surface area contributed by atoms with Crippen molar-refractivity contribution in [1.29, 1.82) is 0 Å². The van der Waals surface area contributed by atoms with Gasteiger partial charge in [-0.3, -0.25) is 4.99 Å². The molecule has 0 radical (unpaired) electrons. The van der Waals surface area contributed by atoms with E-state index in [9.17, 15) is 0 Å². The number of aliphatic imine (C=N–C) groups is 1. The van der Waals surface area contributed by atoms with Crippen LogP contribution in [0.4, 0.5) is 5.69 Å². The van der Waals surface area contributed by atoms with Crippen LogP contribution in [-0.2, 0) is 9.47 Å². The topological polar surface area (TPSA) is 66.9 Å². The third kappa shape index (κ3) is 11.4. The number of rotatable bonds is 12. The quantitative estimate of drug-likeness (QED) is 0.182. The van der Waals surface area contributed by atoms with Crippen LogP contribution < -0.4 is 16.0 Å². The Balaban J connectivity index is 0.00000364. The normalized spacial score (nSPS) is 16.6. The molecule has 0 aliphatic carbocycles. The standard InChI is InChI=1S/C20H34N4O2.HI/c1-2-21-20(23-13-7-12-22-18-9-4-3-5-10-18)24-14-8-15-25-17-19-11-6-16-26-19;/h3-5,9-10,19,22H,2,6-8,11-17H2,1H3,(H2,21,23,24);1H. The van der Waals surface area contributed by atoms with Gasteiger partial charge in [0.2, 0.25) is 0 Å². The zero-order chi connectivity index (χ0) is 18.3. The van der Waals surface area contributed by atoms with Crippen LogP contribution in [0.25, 0.3) is 0 Å². The molecular weight excluding hydrogens is 455 g/mol. The smallest absolute Gasteiger partial charge is 0.191 e. The molecule has 0 spiro atoms. The van der Waals surface area contributed by atoms with Crippen LogP contribution in [0.5, 0.6) is 0 Å². The Labute approximate surface area is 180 Å². The highest BCUT2D eigenvalue weighted by Crippen LogP contribution is 2.11. The minimum Gasteiger partial charge on any atom is -0.385 e. The molecule has 1 aliphatic rings. The van der Waals surface area contributed by atoms with Gasteiger partial charge in [0, 0.05) is 45.1 Å². The molecule has 1 unspecified atom stereocenters.